The maximum atomic E-state index is 14.3. The zero-order valence-electron chi connectivity index (χ0n) is 15.0. The normalized spacial score (nSPS) is 14.6. The summed E-state index contributed by atoms with van der Waals surface area (Å²) >= 11 is 0. The standard InChI is InChI=1S/C21H17FN6/c1-3-17(12-16(13-23)14-24)27-11-9-15(2)21(26-27)20-8-10-25-28(20)19-7-5-4-6-18(19)22/h3-13H,1-2,23H2/b16-13+,17-12+. The van der Waals surface area contributed by atoms with Gasteiger partial charge in [-0.2, -0.15) is 15.5 Å². The summed E-state index contributed by atoms with van der Waals surface area (Å²) in [5, 5.41) is 19.4. The molecule has 0 fully saturated rings. The summed E-state index contributed by atoms with van der Waals surface area (Å²) in [5.74, 6) is -0.403. The molecule has 1 aromatic heterocycles. The number of hydrogen-bond acceptors (Lipinski definition) is 5. The third-order valence-corrected chi connectivity index (χ3v) is 3.98. The Kier molecular flexibility index (Phi) is 5.33. The van der Waals surface area contributed by atoms with E-state index in [1.807, 2.05) is 6.07 Å². The molecule has 1 aliphatic rings. The van der Waals surface area contributed by atoms with E-state index in [1.165, 1.54) is 22.0 Å². The highest BCUT2D eigenvalue weighted by molar-refractivity contribution is 6.13. The lowest BCUT2D eigenvalue weighted by molar-refractivity contribution is 0.509. The van der Waals surface area contributed by atoms with Gasteiger partial charge in [0.15, 0.2) is 0 Å². The van der Waals surface area contributed by atoms with Crippen LogP contribution in [-0.2, 0) is 0 Å². The molecule has 0 spiro atoms. The van der Waals surface area contributed by atoms with Crippen molar-refractivity contribution >= 4 is 5.71 Å². The number of hydrazone groups is 1. The van der Waals surface area contributed by atoms with Crippen molar-refractivity contribution in [3.8, 4) is 11.8 Å². The maximum Gasteiger partial charge on any atom is 0.148 e. The highest BCUT2D eigenvalue weighted by Gasteiger charge is 2.20. The van der Waals surface area contributed by atoms with Crippen LogP contribution >= 0.6 is 0 Å². The summed E-state index contributed by atoms with van der Waals surface area (Å²) in [6.07, 6.45) is 9.32. The van der Waals surface area contributed by atoms with Crippen LogP contribution in [0, 0.1) is 17.1 Å². The number of rotatable bonds is 5. The molecule has 0 radical (unpaired) electrons. The van der Waals surface area contributed by atoms with Crippen molar-refractivity contribution in [2.24, 2.45) is 10.8 Å². The lowest BCUT2D eigenvalue weighted by atomic mass is 10.1. The van der Waals surface area contributed by atoms with E-state index in [-0.39, 0.29) is 5.57 Å². The second-order valence-electron chi connectivity index (χ2n) is 5.72. The van der Waals surface area contributed by atoms with E-state index in [1.54, 1.807) is 54.9 Å². The van der Waals surface area contributed by atoms with Gasteiger partial charge in [0.1, 0.15) is 23.3 Å². The number of nitrogens with two attached hydrogens (primary N) is 1. The molecule has 0 saturated heterocycles. The number of para-hydroxylation sites is 1. The number of nitrogens with zero attached hydrogens (tertiary/aromatic N) is 5. The first-order valence-corrected chi connectivity index (χ1v) is 8.29. The number of benzene rings is 1. The van der Waals surface area contributed by atoms with Gasteiger partial charge in [0.25, 0.3) is 0 Å². The van der Waals surface area contributed by atoms with Gasteiger partial charge in [0, 0.05) is 12.4 Å². The van der Waals surface area contributed by atoms with Crippen molar-refractivity contribution in [1.29, 1.82) is 5.26 Å². The van der Waals surface area contributed by atoms with Crippen LogP contribution < -0.4 is 5.73 Å². The predicted octanol–water partition coefficient (Wildman–Crippen LogP) is 3.54. The summed E-state index contributed by atoms with van der Waals surface area (Å²) in [6, 6.07) is 10.0. The van der Waals surface area contributed by atoms with Crippen LogP contribution in [0.25, 0.3) is 5.69 Å². The van der Waals surface area contributed by atoms with Crippen molar-refractivity contribution in [3.05, 3.63) is 109 Å². The Balaban J connectivity index is 2.07. The van der Waals surface area contributed by atoms with Crippen molar-refractivity contribution < 1.29 is 4.39 Å². The van der Waals surface area contributed by atoms with E-state index in [0.29, 0.717) is 28.4 Å². The molecular formula is C21H17FN6. The largest absolute Gasteiger partial charge is 0.404 e. The lowest BCUT2D eigenvalue weighted by Gasteiger charge is -2.22. The van der Waals surface area contributed by atoms with E-state index < -0.39 is 5.82 Å². The summed E-state index contributed by atoms with van der Waals surface area (Å²) in [6.45, 7) is 7.77. The fourth-order valence-electron chi connectivity index (χ4n) is 2.60. The molecule has 7 heteroatoms. The first-order valence-electron chi connectivity index (χ1n) is 8.29. The molecule has 2 aromatic rings. The van der Waals surface area contributed by atoms with Gasteiger partial charge in [-0.1, -0.05) is 25.3 Å². The number of aromatic nitrogens is 2. The van der Waals surface area contributed by atoms with E-state index in [4.69, 9.17) is 11.0 Å². The Labute approximate surface area is 162 Å². The smallest absolute Gasteiger partial charge is 0.148 e. The summed E-state index contributed by atoms with van der Waals surface area (Å²) in [4.78, 5) is 0. The number of nitriles is 1. The molecule has 28 heavy (non-hydrogen) atoms. The average Bonchev–Trinajstić information content (AvgIpc) is 3.19. The molecule has 0 atom stereocenters. The monoisotopic (exact) mass is 372 g/mol. The van der Waals surface area contributed by atoms with E-state index in [2.05, 4.69) is 23.4 Å². The molecule has 6 nitrogen and oxygen atoms in total. The average molecular weight is 372 g/mol. The van der Waals surface area contributed by atoms with Crippen molar-refractivity contribution in [1.82, 2.24) is 14.8 Å². The van der Waals surface area contributed by atoms with Crippen LogP contribution in [0.5, 0.6) is 0 Å². The zero-order chi connectivity index (χ0) is 20.1. The number of allylic oxidation sites excluding steroid dienone is 5. The molecule has 1 aliphatic heterocycles. The van der Waals surface area contributed by atoms with Crippen molar-refractivity contribution in [2.75, 3.05) is 0 Å². The van der Waals surface area contributed by atoms with E-state index in [9.17, 15) is 4.39 Å². The molecule has 2 N–H and O–H groups in total. The second-order valence-corrected chi connectivity index (χ2v) is 5.72. The number of halogens is 1. The number of hydrogen-bond donors (Lipinski definition) is 1. The third-order valence-electron chi connectivity index (χ3n) is 3.98. The highest BCUT2D eigenvalue weighted by Crippen LogP contribution is 2.23. The maximum absolute atomic E-state index is 14.3. The van der Waals surface area contributed by atoms with Gasteiger partial charge >= 0.3 is 0 Å². The predicted molar refractivity (Wildman–Crippen MR) is 106 cm³/mol. The molecule has 0 bridgehead atoms. The van der Waals surface area contributed by atoms with Crippen LogP contribution in [0.2, 0.25) is 0 Å². The van der Waals surface area contributed by atoms with Crippen LogP contribution in [0.1, 0.15) is 5.69 Å². The summed E-state index contributed by atoms with van der Waals surface area (Å²) < 4.78 is 15.7. The van der Waals surface area contributed by atoms with E-state index >= 15 is 0 Å². The van der Waals surface area contributed by atoms with Crippen LogP contribution in [0.15, 0.2) is 102 Å². The molecule has 2 heterocycles. The van der Waals surface area contributed by atoms with Crippen LogP contribution in [-0.4, -0.2) is 20.5 Å². The van der Waals surface area contributed by atoms with E-state index in [0.717, 1.165) is 0 Å². The topological polar surface area (TPSA) is 83.2 Å². The molecule has 1 aromatic carbocycles. The fraction of sp³-hybridized carbons (Fsp3) is 0. The summed E-state index contributed by atoms with van der Waals surface area (Å²) in [5.41, 5.74) is 8.26. The Bertz CT molecular complexity index is 1090. The first-order chi connectivity index (χ1) is 13.6. The fourth-order valence-corrected chi connectivity index (χ4v) is 2.60. The van der Waals surface area contributed by atoms with Gasteiger partial charge in [-0.15, -0.1) is 0 Å². The van der Waals surface area contributed by atoms with Gasteiger partial charge in [-0.25, -0.2) is 14.1 Å². The minimum atomic E-state index is -0.403. The Hall–Kier alpha value is -4.18. The molecule has 0 amide bonds. The SMILES string of the molecule is C=C/C(=C\C(C#N)=C/N)N1C=CC(=C)C(c2ccnn2-c2ccccc2F)=N1. The van der Waals surface area contributed by atoms with Crippen molar-refractivity contribution in [3.63, 3.8) is 0 Å². The third kappa shape index (κ3) is 3.52. The summed E-state index contributed by atoms with van der Waals surface area (Å²) in [7, 11) is 0. The van der Waals surface area contributed by atoms with Gasteiger partial charge in [0.2, 0.25) is 0 Å². The van der Waals surface area contributed by atoms with Gasteiger partial charge < -0.3 is 5.73 Å². The lowest BCUT2D eigenvalue weighted by Crippen LogP contribution is -2.21. The quantitative estimate of drug-likeness (QED) is 0.643. The molecular weight excluding hydrogens is 355 g/mol. The van der Waals surface area contributed by atoms with Crippen LogP contribution in [0.4, 0.5) is 4.39 Å². The Morgan fingerprint density at radius 2 is 2.07 bits per heavy atom. The minimum absolute atomic E-state index is 0.265. The molecule has 138 valence electrons. The first kappa shape index (κ1) is 18.6. The molecule has 0 saturated carbocycles. The Morgan fingerprint density at radius 1 is 1.29 bits per heavy atom. The Morgan fingerprint density at radius 3 is 2.75 bits per heavy atom. The van der Waals surface area contributed by atoms with Gasteiger partial charge in [-0.05, 0) is 42.0 Å². The highest BCUT2D eigenvalue weighted by atomic mass is 19.1. The second kappa shape index (κ2) is 8.01. The van der Waals surface area contributed by atoms with Crippen molar-refractivity contribution in [2.45, 2.75) is 0 Å². The van der Waals surface area contributed by atoms with Gasteiger partial charge in [-0.3, -0.25) is 0 Å². The van der Waals surface area contributed by atoms with Gasteiger partial charge in [0.05, 0.1) is 23.2 Å². The zero-order valence-corrected chi connectivity index (χ0v) is 15.0. The van der Waals surface area contributed by atoms with Crippen LogP contribution in [0.3, 0.4) is 0 Å². The molecule has 3 rings (SSSR count). The molecule has 0 aliphatic carbocycles. The molecule has 0 unspecified atom stereocenters. The minimum Gasteiger partial charge on any atom is -0.404 e.